The molecule has 0 saturated heterocycles. The number of rotatable bonds is 5. The molecule has 0 fully saturated rings. The highest BCUT2D eigenvalue weighted by molar-refractivity contribution is 6.36. The van der Waals surface area contributed by atoms with Crippen molar-refractivity contribution in [1.29, 1.82) is 0 Å². The fourth-order valence-electron chi connectivity index (χ4n) is 0.537. The van der Waals surface area contributed by atoms with Gasteiger partial charge in [0.15, 0.2) is 0 Å². The molecule has 0 aliphatic rings. The second-order valence-electron chi connectivity index (χ2n) is 3.56. The van der Waals surface area contributed by atoms with Crippen LogP contribution in [0.1, 0.15) is 20.3 Å². The predicted molar refractivity (Wildman–Crippen MR) is 54.3 cm³/mol. The van der Waals surface area contributed by atoms with Gasteiger partial charge in [-0.25, -0.2) is 0 Å². The van der Waals surface area contributed by atoms with E-state index in [9.17, 15) is 4.79 Å². The molecular formula is C7H18O2Si2. The third kappa shape index (κ3) is 4.50. The summed E-state index contributed by atoms with van der Waals surface area (Å²) in [5.74, 6) is 0. The summed E-state index contributed by atoms with van der Waals surface area (Å²) in [4.78, 5) is 10.00. The van der Waals surface area contributed by atoms with Crippen LogP contribution in [0.3, 0.4) is 0 Å². The lowest BCUT2D eigenvalue weighted by Crippen LogP contribution is -2.31. The van der Waals surface area contributed by atoms with Crippen LogP contribution in [-0.4, -0.2) is 39.0 Å². The van der Waals surface area contributed by atoms with Crippen LogP contribution in [0.4, 0.5) is 0 Å². The van der Waals surface area contributed by atoms with E-state index in [1.165, 1.54) is 20.5 Å². The van der Waals surface area contributed by atoms with E-state index in [2.05, 4.69) is 13.8 Å². The molecule has 0 amide bonds. The minimum atomic E-state index is 0.0153. The fraction of sp³-hybridized carbons (Fsp3) is 0.857. The van der Waals surface area contributed by atoms with Gasteiger partial charge in [0.25, 0.3) is 0 Å². The van der Waals surface area contributed by atoms with E-state index >= 15 is 0 Å². The zero-order valence-corrected chi connectivity index (χ0v) is 11.9. The van der Waals surface area contributed by atoms with Crippen LogP contribution in [0.15, 0.2) is 0 Å². The van der Waals surface area contributed by atoms with Gasteiger partial charge < -0.3 is 9.53 Å². The zero-order chi connectivity index (χ0) is 8.91. The molecule has 0 saturated carbocycles. The average Bonchev–Trinajstić information content (AvgIpc) is 1.88. The lowest BCUT2D eigenvalue weighted by molar-refractivity contribution is -0.110. The summed E-state index contributed by atoms with van der Waals surface area (Å²) in [5, 5.41) is 0.758. The first-order valence-electron chi connectivity index (χ1n) is 4.08. The number of ether oxygens (including phenoxy) is 1. The second-order valence-corrected chi connectivity index (χ2v) is 9.34. The van der Waals surface area contributed by atoms with Crippen molar-refractivity contribution in [1.82, 2.24) is 0 Å². The standard InChI is InChI=1S/C7H18O2Si2/c1-7(2,6(10)11)9-5-3-4-8/h4,6H,3,5H2,1-2,10-11H3. The van der Waals surface area contributed by atoms with Crippen molar-refractivity contribution >= 4 is 26.8 Å². The smallest absolute Gasteiger partial charge is 0.122 e. The highest BCUT2D eigenvalue weighted by atomic mass is 28.2. The third-order valence-electron chi connectivity index (χ3n) is 2.10. The van der Waals surface area contributed by atoms with Gasteiger partial charge in [-0.1, -0.05) is 0 Å². The van der Waals surface area contributed by atoms with E-state index in [-0.39, 0.29) is 5.60 Å². The van der Waals surface area contributed by atoms with E-state index in [0.29, 0.717) is 13.0 Å². The van der Waals surface area contributed by atoms with Crippen molar-refractivity contribution in [3.8, 4) is 0 Å². The highest BCUT2D eigenvalue weighted by Gasteiger charge is 2.21. The van der Waals surface area contributed by atoms with Gasteiger partial charge in [-0.15, -0.1) is 0 Å². The minimum Gasteiger partial charge on any atom is -0.375 e. The summed E-state index contributed by atoms with van der Waals surface area (Å²) in [6.07, 6.45) is 1.44. The molecule has 0 heterocycles. The van der Waals surface area contributed by atoms with E-state index in [0.717, 1.165) is 11.5 Å². The van der Waals surface area contributed by atoms with Crippen molar-refractivity contribution in [3.63, 3.8) is 0 Å². The fourth-order valence-corrected chi connectivity index (χ4v) is 0.870. The highest BCUT2D eigenvalue weighted by Crippen LogP contribution is 2.20. The Bertz CT molecular complexity index is 124. The van der Waals surface area contributed by atoms with Crippen LogP contribution in [0.25, 0.3) is 0 Å². The monoisotopic (exact) mass is 190 g/mol. The molecule has 0 spiro atoms. The van der Waals surface area contributed by atoms with Gasteiger partial charge in [0, 0.05) is 26.9 Å². The average molecular weight is 190 g/mol. The first-order chi connectivity index (χ1) is 5.00. The number of carbonyl (C=O) groups excluding carboxylic acids is 1. The van der Waals surface area contributed by atoms with Crippen molar-refractivity contribution in [2.24, 2.45) is 0 Å². The molecule has 0 rings (SSSR count). The number of hydrogen-bond donors (Lipinski definition) is 0. The molecule has 0 aromatic carbocycles. The summed E-state index contributed by atoms with van der Waals surface area (Å²) in [7, 11) is 2.39. The maximum Gasteiger partial charge on any atom is 0.122 e. The number of aldehydes is 1. The molecular weight excluding hydrogens is 172 g/mol. The third-order valence-corrected chi connectivity index (χ3v) is 4.88. The van der Waals surface area contributed by atoms with Gasteiger partial charge in [-0.2, -0.15) is 0 Å². The molecule has 0 aromatic rings. The zero-order valence-electron chi connectivity index (χ0n) is 7.89. The van der Waals surface area contributed by atoms with E-state index < -0.39 is 0 Å². The Hall–Kier alpha value is 0.0638. The van der Waals surface area contributed by atoms with Crippen molar-refractivity contribution in [3.05, 3.63) is 0 Å². The van der Waals surface area contributed by atoms with E-state index in [1.54, 1.807) is 0 Å². The van der Waals surface area contributed by atoms with Gasteiger partial charge in [-0.3, -0.25) is 0 Å². The van der Waals surface area contributed by atoms with Crippen LogP contribution in [0, 0.1) is 0 Å². The molecule has 0 radical (unpaired) electrons. The molecule has 0 aliphatic carbocycles. The maximum atomic E-state index is 10.00. The Morgan fingerprint density at radius 2 is 2.09 bits per heavy atom. The normalized spacial score (nSPS) is 15.1. The molecule has 0 aromatic heterocycles. The number of hydrogen-bond acceptors (Lipinski definition) is 2. The first-order valence-corrected chi connectivity index (χ1v) is 6.39. The summed E-state index contributed by atoms with van der Waals surface area (Å²) >= 11 is 0. The van der Waals surface area contributed by atoms with Crippen LogP contribution in [0.2, 0.25) is 5.16 Å². The topological polar surface area (TPSA) is 26.3 Å². The molecule has 66 valence electrons. The van der Waals surface area contributed by atoms with Crippen molar-refractivity contribution in [2.75, 3.05) is 6.61 Å². The maximum absolute atomic E-state index is 10.00. The quantitative estimate of drug-likeness (QED) is 0.311. The van der Waals surface area contributed by atoms with Crippen LogP contribution in [-0.2, 0) is 9.53 Å². The molecule has 0 N–H and O–H groups in total. The molecule has 0 atom stereocenters. The summed E-state index contributed by atoms with van der Waals surface area (Å²) in [6, 6.07) is 0. The minimum absolute atomic E-state index is 0.0153. The van der Waals surface area contributed by atoms with Gasteiger partial charge in [0.05, 0.1) is 12.2 Å². The van der Waals surface area contributed by atoms with Gasteiger partial charge in [0.1, 0.15) is 6.29 Å². The molecule has 11 heavy (non-hydrogen) atoms. The Kier molecular flexibility index (Phi) is 4.87. The van der Waals surface area contributed by atoms with Crippen LogP contribution in [0.5, 0.6) is 0 Å². The largest absolute Gasteiger partial charge is 0.375 e. The number of carbonyl (C=O) groups is 1. The SMILES string of the molecule is CC(C)(OCCC=O)C([SiH3])[SiH3]. The Balaban J connectivity index is 3.63. The Morgan fingerprint density at radius 3 is 2.45 bits per heavy atom. The molecule has 0 bridgehead atoms. The summed E-state index contributed by atoms with van der Waals surface area (Å²) in [6.45, 7) is 4.81. The summed E-state index contributed by atoms with van der Waals surface area (Å²) < 4.78 is 5.57. The molecule has 0 unspecified atom stereocenters. The molecule has 4 heteroatoms. The van der Waals surface area contributed by atoms with Crippen LogP contribution < -0.4 is 0 Å². The van der Waals surface area contributed by atoms with Crippen molar-refractivity contribution < 1.29 is 9.53 Å². The first kappa shape index (κ1) is 11.1. The van der Waals surface area contributed by atoms with Gasteiger partial charge in [-0.05, 0) is 19.0 Å². The van der Waals surface area contributed by atoms with Crippen molar-refractivity contribution in [2.45, 2.75) is 31.0 Å². The lowest BCUT2D eigenvalue weighted by atomic mass is 10.2. The van der Waals surface area contributed by atoms with Gasteiger partial charge >= 0.3 is 0 Å². The van der Waals surface area contributed by atoms with E-state index in [4.69, 9.17) is 4.74 Å². The Morgan fingerprint density at radius 1 is 1.55 bits per heavy atom. The van der Waals surface area contributed by atoms with Gasteiger partial charge in [0.2, 0.25) is 0 Å². The Labute approximate surface area is 74.5 Å². The second kappa shape index (κ2) is 4.84. The van der Waals surface area contributed by atoms with E-state index in [1.807, 2.05) is 0 Å². The lowest BCUT2D eigenvalue weighted by Gasteiger charge is -2.29. The predicted octanol–water partition coefficient (Wildman–Crippen LogP) is -1.15. The summed E-state index contributed by atoms with van der Waals surface area (Å²) in [5.41, 5.74) is 0.0153. The molecule has 0 aliphatic heterocycles. The molecule has 2 nitrogen and oxygen atoms in total. The van der Waals surface area contributed by atoms with Crippen LogP contribution >= 0.6 is 0 Å².